The lowest BCUT2D eigenvalue weighted by molar-refractivity contribution is -0.870. The lowest BCUT2D eigenvalue weighted by Crippen LogP contribution is -2.44. The molecule has 0 saturated carbocycles. The van der Waals surface area contributed by atoms with Gasteiger partial charge in [-0.1, -0.05) is 277 Å². The van der Waals surface area contributed by atoms with E-state index in [0.717, 1.165) is 38.5 Å². The summed E-state index contributed by atoms with van der Waals surface area (Å²) in [6.07, 6.45) is 54.8. The number of rotatable bonds is 56. The molecule has 9 heteroatoms. The van der Waals surface area contributed by atoms with Crippen LogP contribution in [-0.2, 0) is 33.3 Å². The molecule has 0 N–H and O–H groups in total. The van der Waals surface area contributed by atoms with Crippen molar-refractivity contribution in [1.82, 2.24) is 0 Å². The van der Waals surface area contributed by atoms with Gasteiger partial charge in [0.15, 0.2) is 12.4 Å². The zero-order chi connectivity index (χ0) is 49.9. The number of ether oxygens (including phenoxy) is 4. The standard InChI is InChI=1S/C59H115NO8/c1-6-8-10-12-14-16-18-19-20-21-22-23-24-25-26-27-28-29-30-31-32-33-34-35-36-37-38-39-40-42-44-46-48-50-57(62)68-55(54-67-59(58(63)64)65-52-51-60(3,4)5)53-66-56(61)49-47-45-43-41-17-15-13-11-9-7-2/h55,59H,6-54H2,1-5H3. The molecule has 0 aromatic rings. The van der Waals surface area contributed by atoms with Gasteiger partial charge in [-0.15, -0.1) is 0 Å². The van der Waals surface area contributed by atoms with Crippen LogP contribution in [0.3, 0.4) is 0 Å². The quantitative estimate of drug-likeness (QED) is 0.0256. The predicted molar refractivity (Wildman–Crippen MR) is 284 cm³/mol. The van der Waals surface area contributed by atoms with Crippen LogP contribution in [-0.4, -0.2) is 82.3 Å². The van der Waals surface area contributed by atoms with Gasteiger partial charge in [0.05, 0.1) is 40.3 Å². The minimum absolute atomic E-state index is 0.153. The monoisotopic (exact) mass is 966 g/mol. The molecule has 0 aliphatic heterocycles. The van der Waals surface area contributed by atoms with E-state index in [1.807, 2.05) is 21.1 Å². The minimum atomic E-state index is -1.61. The summed E-state index contributed by atoms with van der Waals surface area (Å²) in [7, 11) is 5.93. The van der Waals surface area contributed by atoms with E-state index >= 15 is 0 Å². The molecule has 404 valence electrons. The van der Waals surface area contributed by atoms with Crippen LogP contribution in [0.1, 0.15) is 303 Å². The third-order valence-corrected chi connectivity index (χ3v) is 13.6. The van der Waals surface area contributed by atoms with E-state index < -0.39 is 24.3 Å². The predicted octanol–water partition coefficient (Wildman–Crippen LogP) is 15.9. The Labute approximate surface area is 422 Å². The number of likely N-dealkylation sites (N-methyl/N-ethyl adjacent to an activating group) is 1. The van der Waals surface area contributed by atoms with Crippen molar-refractivity contribution >= 4 is 17.9 Å². The first-order valence-corrected chi connectivity index (χ1v) is 29.7. The summed E-state index contributed by atoms with van der Waals surface area (Å²) in [6, 6.07) is 0. The maximum Gasteiger partial charge on any atom is 0.306 e. The summed E-state index contributed by atoms with van der Waals surface area (Å²) in [6.45, 7) is 4.78. The molecule has 0 rings (SSSR count). The molecule has 0 saturated heterocycles. The second-order valence-corrected chi connectivity index (χ2v) is 21.7. The van der Waals surface area contributed by atoms with Crippen LogP contribution in [0.25, 0.3) is 0 Å². The Kier molecular flexibility index (Phi) is 50.3. The molecule has 0 amide bonds. The Morgan fingerprint density at radius 3 is 0.941 bits per heavy atom. The maximum absolute atomic E-state index is 12.8. The van der Waals surface area contributed by atoms with E-state index in [1.165, 1.54) is 238 Å². The van der Waals surface area contributed by atoms with E-state index in [4.69, 9.17) is 18.9 Å². The van der Waals surface area contributed by atoms with Crippen molar-refractivity contribution in [2.75, 3.05) is 47.5 Å². The maximum atomic E-state index is 12.8. The molecular formula is C59H115NO8. The highest BCUT2D eigenvalue weighted by atomic mass is 16.7. The smallest absolute Gasteiger partial charge is 0.306 e. The van der Waals surface area contributed by atoms with Gasteiger partial charge in [0, 0.05) is 12.8 Å². The largest absolute Gasteiger partial charge is 0.545 e. The van der Waals surface area contributed by atoms with Gasteiger partial charge < -0.3 is 33.3 Å². The number of carboxylic acid groups (broad SMARTS) is 1. The second-order valence-electron chi connectivity index (χ2n) is 21.7. The van der Waals surface area contributed by atoms with E-state index in [0.29, 0.717) is 17.4 Å². The molecule has 68 heavy (non-hydrogen) atoms. The van der Waals surface area contributed by atoms with E-state index in [1.54, 1.807) is 0 Å². The number of nitrogens with zero attached hydrogens (tertiary/aromatic N) is 1. The third-order valence-electron chi connectivity index (χ3n) is 13.6. The van der Waals surface area contributed by atoms with E-state index in [2.05, 4.69) is 13.8 Å². The molecule has 9 nitrogen and oxygen atoms in total. The van der Waals surface area contributed by atoms with Crippen LogP contribution >= 0.6 is 0 Å². The highest BCUT2D eigenvalue weighted by Gasteiger charge is 2.22. The normalized spacial score (nSPS) is 12.7. The van der Waals surface area contributed by atoms with Gasteiger partial charge in [-0.2, -0.15) is 0 Å². The third kappa shape index (κ3) is 52.1. The highest BCUT2D eigenvalue weighted by Crippen LogP contribution is 2.18. The van der Waals surface area contributed by atoms with Gasteiger partial charge in [0.1, 0.15) is 13.2 Å². The average Bonchev–Trinajstić information content (AvgIpc) is 3.30. The molecule has 0 bridgehead atoms. The number of unbranched alkanes of at least 4 members (excludes halogenated alkanes) is 41. The number of carbonyl (C=O) groups is 3. The van der Waals surface area contributed by atoms with Crippen molar-refractivity contribution in [3.8, 4) is 0 Å². The lowest BCUT2D eigenvalue weighted by Gasteiger charge is -2.26. The number of esters is 2. The molecule has 0 radical (unpaired) electrons. The Morgan fingerprint density at radius 1 is 0.382 bits per heavy atom. The van der Waals surface area contributed by atoms with Gasteiger partial charge in [-0.05, 0) is 12.8 Å². The van der Waals surface area contributed by atoms with Crippen molar-refractivity contribution < 1.29 is 42.9 Å². The van der Waals surface area contributed by atoms with Crippen LogP contribution in [0.2, 0.25) is 0 Å². The molecule has 2 unspecified atom stereocenters. The zero-order valence-electron chi connectivity index (χ0n) is 46.0. The highest BCUT2D eigenvalue weighted by molar-refractivity contribution is 5.70. The number of carboxylic acids is 1. The average molecular weight is 967 g/mol. The summed E-state index contributed by atoms with van der Waals surface area (Å²) in [5, 5.41) is 11.7. The van der Waals surface area contributed by atoms with Crippen LogP contribution in [0.4, 0.5) is 0 Å². The Bertz CT molecular complexity index is 1080. The first kappa shape index (κ1) is 66.3. The second kappa shape index (κ2) is 51.6. The summed E-state index contributed by atoms with van der Waals surface area (Å²) in [5.74, 6) is -2.26. The van der Waals surface area contributed by atoms with Crippen LogP contribution in [0, 0.1) is 0 Å². The summed E-state index contributed by atoms with van der Waals surface area (Å²) < 4.78 is 22.6. The minimum Gasteiger partial charge on any atom is -0.545 e. The Balaban J connectivity index is 3.94. The molecule has 0 aliphatic rings. The number of aliphatic carboxylic acids is 1. The molecule has 0 aliphatic carbocycles. The van der Waals surface area contributed by atoms with Crippen molar-refractivity contribution in [2.45, 2.75) is 315 Å². The van der Waals surface area contributed by atoms with Crippen molar-refractivity contribution in [3.63, 3.8) is 0 Å². The van der Waals surface area contributed by atoms with Gasteiger partial charge in [0.2, 0.25) is 0 Å². The summed E-state index contributed by atoms with van der Waals surface area (Å²) >= 11 is 0. The number of hydrogen-bond acceptors (Lipinski definition) is 8. The number of hydrogen-bond donors (Lipinski definition) is 0. The molecule has 0 aromatic carbocycles. The van der Waals surface area contributed by atoms with Crippen molar-refractivity contribution in [1.29, 1.82) is 0 Å². The van der Waals surface area contributed by atoms with E-state index in [-0.39, 0.29) is 32.2 Å². The van der Waals surface area contributed by atoms with Gasteiger partial charge in [-0.25, -0.2) is 0 Å². The number of quaternary nitrogens is 1. The lowest BCUT2D eigenvalue weighted by atomic mass is 10.0. The summed E-state index contributed by atoms with van der Waals surface area (Å²) in [5.41, 5.74) is 0. The van der Waals surface area contributed by atoms with E-state index in [9.17, 15) is 19.5 Å². The van der Waals surface area contributed by atoms with Crippen LogP contribution < -0.4 is 5.11 Å². The first-order chi connectivity index (χ1) is 33.1. The van der Waals surface area contributed by atoms with Crippen LogP contribution in [0.5, 0.6) is 0 Å². The topological polar surface area (TPSA) is 111 Å². The van der Waals surface area contributed by atoms with Gasteiger partial charge in [-0.3, -0.25) is 9.59 Å². The molecule has 0 aromatic heterocycles. The fraction of sp³-hybridized carbons (Fsp3) is 0.949. The SMILES string of the molecule is CCCCCCCCCCCCCCCCCCCCCCCCCCCCCCCCCCCC(=O)OC(COC(=O)CCCCCCCCCCCC)COC(OCC[N+](C)(C)C)C(=O)[O-]. The van der Waals surface area contributed by atoms with Crippen molar-refractivity contribution in [3.05, 3.63) is 0 Å². The molecule has 0 heterocycles. The van der Waals surface area contributed by atoms with Crippen LogP contribution in [0.15, 0.2) is 0 Å². The fourth-order valence-electron chi connectivity index (χ4n) is 9.01. The molecular weight excluding hydrogens is 851 g/mol. The van der Waals surface area contributed by atoms with Gasteiger partial charge in [0.25, 0.3) is 0 Å². The zero-order valence-corrected chi connectivity index (χ0v) is 46.0. The fourth-order valence-corrected chi connectivity index (χ4v) is 9.01. The van der Waals surface area contributed by atoms with Crippen molar-refractivity contribution in [2.24, 2.45) is 0 Å². The molecule has 0 spiro atoms. The van der Waals surface area contributed by atoms with Gasteiger partial charge >= 0.3 is 11.9 Å². The number of carbonyl (C=O) groups excluding carboxylic acids is 3. The first-order valence-electron chi connectivity index (χ1n) is 29.7. The molecule has 0 fully saturated rings. The Hall–Kier alpha value is -1.71. The summed E-state index contributed by atoms with van der Waals surface area (Å²) in [4.78, 5) is 37.1. The molecule has 2 atom stereocenters. The Morgan fingerprint density at radius 2 is 0.662 bits per heavy atom.